The minimum atomic E-state index is -0.439. The van der Waals surface area contributed by atoms with Crippen molar-refractivity contribution in [1.82, 2.24) is 5.32 Å². The number of fused-ring (bicyclic) bond motifs is 2. The van der Waals surface area contributed by atoms with Crippen LogP contribution in [0.2, 0.25) is 0 Å². The normalized spacial score (nSPS) is 28.4. The second-order valence-corrected chi connectivity index (χ2v) is 6.82. The van der Waals surface area contributed by atoms with Gasteiger partial charge in [-0.05, 0) is 63.5 Å². The van der Waals surface area contributed by atoms with Gasteiger partial charge in [-0.2, -0.15) is 0 Å². The van der Waals surface area contributed by atoms with Crippen molar-refractivity contribution in [3.05, 3.63) is 29.3 Å². The Morgan fingerprint density at radius 2 is 2.10 bits per heavy atom. The van der Waals surface area contributed by atoms with Crippen LogP contribution in [0, 0.1) is 25.7 Å². The third-order valence-electron chi connectivity index (χ3n) is 5.07. The number of hydrogen-bond donors (Lipinski definition) is 1. The molecule has 0 radical (unpaired) electrons. The van der Waals surface area contributed by atoms with Crippen molar-refractivity contribution in [2.24, 2.45) is 11.8 Å². The number of rotatable bonds is 4. The first-order valence-corrected chi connectivity index (χ1v) is 8.07. The predicted octanol–water partition coefficient (Wildman–Crippen LogP) is 3.38. The van der Waals surface area contributed by atoms with Gasteiger partial charge >= 0.3 is 0 Å². The summed E-state index contributed by atoms with van der Waals surface area (Å²) >= 11 is 0. The molecule has 1 amide bonds. The molecule has 3 nitrogen and oxygen atoms in total. The van der Waals surface area contributed by atoms with Gasteiger partial charge in [-0.25, -0.2) is 0 Å². The maximum absolute atomic E-state index is 12.3. The van der Waals surface area contributed by atoms with Crippen molar-refractivity contribution in [2.45, 2.75) is 58.6 Å². The van der Waals surface area contributed by atoms with Crippen molar-refractivity contribution in [3.63, 3.8) is 0 Å². The van der Waals surface area contributed by atoms with Crippen molar-refractivity contribution >= 4 is 5.91 Å². The van der Waals surface area contributed by atoms with Gasteiger partial charge in [-0.1, -0.05) is 24.1 Å². The van der Waals surface area contributed by atoms with E-state index in [2.05, 4.69) is 18.3 Å². The Hall–Kier alpha value is -1.51. The molecule has 4 unspecified atom stereocenters. The molecule has 1 N–H and O–H groups in total. The minimum Gasteiger partial charge on any atom is -0.481 e. The molecule has 21 heavy (non-hydrogen) atoms. The van der Waals surface area contributed by atoms with Gasteiger partial charge in [-0.3, -0.25) is 4.79 Å². The lowest BCUT2D eigenvalue weighted by molar-refractivity contribution is -0.128. The lowest BCUT2D eigenvalue weighted by atomic mass is 9.95. The van der Waals surface area contributed by atoms with E-state index in [-0.39, 0.29) is 5.91 Å². The number of aryl methyl sites for hydroxylation is 2. The molecular weight excluding hydrogens is 262 g/mol. The summed E-state index contributed by atoms with van der Waals surface area (Å²) in [6.45, 7) is 5.91. The number of amides is 1. The Balaban J connectivity index is 1.57. The molecule has 1 aromatic rings. The summed E-state index contributed by atoms with van der Waals surface area (Å²) < 4.78 is 5.84. The van der Waals surface area contributed by atoms with Crippen LogP contribution in [0.25, 0.3) is 0 Å². The number of ether oxygens (including phenoxy) is 1. The third kappa shape index (κ3) is 3.07. The summed E-state index contributed by atoms with van der Waals surface area (Å²) in [5.74, 6) is 2.37. The Bertz CT molecular complexity index is 540. The zero-order valence-corrected chi connectivity index (χ0v) is 13.2. The second kappa shape index (κ2) is 5.70. The van der Waals surface area contributed by atoms with Crippen molar-refractivity contribution in [3.8, 4) is 5.75 Å². The molecule has 2 bridgehead atoms. The average Bonchev–Trinajstić information content (AvgIpc) is 3.04. The summed E-state index contributed by atoms with van der Waals surface area (Å²) in [4.78, 5) is 12.3. The summed E-state index contributed by atoms with van der Waals surface area (Å²) in [6, 6.07) is 6.42. The molecular formula is C18H25NO2. The Kier molecular flexibility index (Phi) is 3.92. The summed E-state index contributed by atoms with van der Waals surface area (Å²) in [5.41, 5.74) is 2.29. The largest absolute Gasteiger partial charge is 0.481 e. The zero-order valence-electron chi connectivity index (χ0n) is 13.2. The SMILES string of the molecule is Cc1ccc(OC(C)C(=O)NC2CC3CCC2C3)c(C)c1. The van der Waals surface area contributed by atoms with Crippen LogP contribution in [0.5, 0.6) is 5.75 Å². The van der Waals surface area contributed by atoms with E-state index in [0.717, 1.165) is 23.7 Å². The van der Waals surface area contributed by atoms with Crippen LogP contribution >= 0.6 is 0 Å². The maximum Gasteiger partial charge on any atom is 0.261 e. The highest BCUT2D eigenvalue weighted by atomic mass is 16.5. The van der Waals surface area contributed by atoms with Crippen LogP contribution in [0.15, 0.2) is 18.2 Å². The van der Waals surface area contributed by atoms with E-state index in [1.54, 1.807) is 0 Å². The quantitative estimate of drug-likeness (QED) is 0.922. The number of carbonyl (C=O) groups excluding carboxylic acids is 1. The molecule has 114 valence electrons. The molecule has 2 aliphatic rings. The minimum absolute atomic E-state index is 0.0209. The Labute approximate surface area is 127 Å². The zero-order chi connectivity index (χ0) is 15.0. The van der Waals surface area contributed by atoms with Crippen LogP contribution in [0.3, 0.4) is 0 Å². The number of benzene rings is 1. The number of nitrogens with one attached hydrogen (secondary N) is 1. The molecule has 0 spiro atoms. The molecule has 0 aliphatic heterocycles. The van der Waals surface area contributed by atoms with Gasteiger partial charge in [0, 0.05) is 6.04 Å². The monoisotopic (exact) mass is 287 g/mol. The van der Waals surface area contributed by atoms with E-state index in [9.17, 15) is 4.79 Å². The van der Waals surface area contributed by atoms with E-state index in [1.807, 2.05) is 26.0 Å². The highest BCUT2D eigenvalue weighted by molar-refractivity contribution is 5.81. The highest BCUT2D eigenvalue weighted by Crippen LogP contribution is 2.44. The first-order valence-electron chi connectivity index (χ1n) is 8.07. The predicted molar refractivity (Wildman–Crippen MR) is 83.4 cm³/mol. The molecule has 3 rings (SSSR count). The molecule has 2 saturated carbocycles. The van der Waals surface area contributed by atoms with Gasteiger partial charge in [0.2, 0.25) is 0 Å². The smallest absolute Gasteiger partial charge is 0.261 e. The molecule has 2 aliphatic carbocycles. The topological polar surface area (TPSA) is 38.3 Å². The average molecular weight is 287 g/mol. The Morgan fingerprint density at radius 3 is 2.71 bits per heavy atom. The van der Waals surface area contributed by atoms with E-state index in [0.29, 0.717) is 12.0 Å². The number of carbonyl (C=O) groups is 1. The van der Waals surface area contributed by atoms with Crippen LogP contribution in [-0.4, -0.2) is 18.1 Å². The standard InChI is InChI=1S/C18H25NO2/c1-11-4-7-17(12(2)8-11)21-13(3)18(20)19-16-10-14-5-6-15(16)9-14/h4,7-8,13-16H,5-6,9-10H2,1-3H3,(H,19,20). The van der Waals surface area contributed by atoms with E-state index >= 15 is 0 Å². The first-order chi connectivity index (χ1) is 10.0. The van der Waals surface area contributed by atoms with Crippen LogP contribution in [-0.2, 0) is 4.79 Å². The molecule has 1 aromatic carbocycles. The summed E-state index contributed by atoms with van der Waals surface area (Å²) in [5, 5.41) is 3.20. The van der Waals surface area contributed by atoms with Crippen molar-refractivity contribution in [2.75, 3.05) is 0 Å². The van der Waals surface area contributed by atoms with E-state index in [4.69, 9.17) is 4.74 Å². The van der Waals surface area contributed by atoms with Crippen LogP contribution in [0.1, 0.15) is 43.7 Å². The third-order valence-corrected chi connectivity index (χ3v) is 5.07. The molecule has 0 aromatic heterocycles. The van der Waals surface area contributed by atoms with E-state index in [1.165, 1.54) is 24.8 Å². The van der Waals surface area contributed by atoms with Gasteiger partial charge in [0.25, 0.3) is 5.91 Å². The highest BCUT2D eigenvalue weighted by Gasteiger charge is 2.40. The second-order valence-electron chi connectivity index (χ2n) is 6.82. The fraction of sp³-hybridized carbons (Fsp3) is 0.611. The molecule has 3 heteroatoms. The van der Waals surface area contributed by atoms with Gasteiger partial charge in [-0.15, -0.1) is 0 Å². The fourth-order valence-corrected chi connectivity index (χ4v) is 3.90. The van der Waals surface area contributed by atoms with Gasteiger partial charge in [0.05, 0.1) is 0 Å². The van der Waals surface area contributed by atoms with Crippen molar-refractivity contribution in [1.29, 1.82) is 0 Å². The van der Waals surface area contributed by atoms with Gasteiger partial charge < -0.3 is 10.1 Å². The lowest BCUT2D eigenvalue weighted by Gasteiger charge is -2.25. The lowest BCUT2D eigenvalue weighted by Crippen LogP contribution is -2.44. The summed E-state index contributed by atoms with van der Waals surface area (Å²) in [7, 11) is 0. The molecule has 4 atom stereocenters. The first kappa shape index (κ1) is 14.4. The van der Waals surface area contributed by atoms with Crippen LogP contribution < -0.4 is 10.1 Å². The maximum atomic E-state index is 12.3. The van der Waals surface area contributed by atoms with Gasteiger partial charge in [0.15, 0.2) is 6.10 Å². The van der Waals surface area contributed by atoms with E-state index < -0.39 is 6.10 Å². The van der Waals surface area contributed by atoms with Gasteiger partial charge in [0.1, 0.15) is 5.75 Å². The molecule has 2 fully saturated rings. The molecule has 0 saturated heterocycles. The van der Waals surface area contributed by atoms with Crippen molar-refractivity contribution < 1.29 is 9.53 Å². The summed E-state index contributed by atoms with van der Waals surface area (Å²) in [6.07, 6.45) is 4.66. The number of hydrogen-bond acceptors (Lipinski definition) is 2. The fourth-order valence-electron chi connectivity index (χ4n) is 3.90. The molecule has 0 heterocycles. The van der Waals surface area contributed by atoms with Crippen LogP contribution in [0.4, 0.5) is 0 Å². The Morgan fingerprint density at radius 1 is 1.29 bits per heavy atom.